The fraction of sp³-hybridized carbons (Fsp3) is 0.500. The number of aryl methyl sites for hydroxylation is 1. The van der Waals surface area contributed by atoms with Crippen molar-refractivity contribution in [2.45, 2.75) is 31.7 Å². The van der Waals surface area contributed by atoms with Crippen LogP contribution in [0.15, 0.2) is 34.2 Å². The van der Waals surface area contributed by atoms with Gasteiger partial charge in [0.25, 0.3) is 0 Å². The first kappa shape index (κ1) is 12.5. The summed E-state index contributed by atoms with van der Waals surface area (Å²) in [6.45, 7) is 7.23. The lowest BCUT2D eigenvalue weighted by Gasteiger charge is -2.06. The van der Waals surface area contributed by atoms with Crippen LogP contribution in [0.5, 0.6) is 0 Å². The van der Waals surface area contributed by atoms with Crippen molar-refractivity contribution in [2.24, 2.45) is 10.9 Å². The lowest BCUT2D eigenvalue weighted by molar-refractivity contribution is 0.290. The van der Waals surface area contributed by atoms with Crippen molar-refractivity contribution in [1.29, 1.82) is 0 Å². The van der Waals surface area contributed by atoms with Gasteiger partial charge in [-0.1, -0.05) is 31.5 Å². The van der Waals surface area contributed by atoms with Crippen molar-refractivity contribution >= 4 is 17.7 Å². The van der Waals surface area contributed by atoms with E-state index in [0.29, 0.717) is 12.0 Å². The Morgan fingerprint density at radius 3 is 2.65 bits per heavy atom. The number of thioether (sulfide) groups is 1. The molecule has 2 rings (SSSR count). The van der Waals surface area contributed by atoms with Crippen molar-refractivity contribution in [2.75, 3.05) is 12.4 Å². The number of rotatable bonds is 4. The molecule has 3 heteroatoms. The predicted molar refractivity (Wildman–Crippen MR) is 73.9 cm³/mol. The molecule has 0 bridgehead atoms. The summed E-state index contributed by atoms with van der Waals surface area (Å²) in [4.78, 5) is 5.87. The summed E-state index contributed by atoms with van der Waals surface area (Å²) in [6, 6.07) is 8.92. The molecular weight excluding hydrogens is 230 g/mol. The van der Waals surface area contributed by atoms with E-state index < -0.39 is 0 Å². The Hall–Kier alpha value is -0.960. The van der Waals surface area contributed by atoms with Crippen LogP contribution in [0.2, 0.25) is 0 Å². The van der Waals surface area contributed by atoms with Gasteiger partial charge in [-0.15, -0.1) is 11.8 Å². The second-order valence-electron chi connectivity index (χ2n) is 4.75. The fourth-order valence-corrected chi connectivity index (χ4v) is 2.42. The zero-order valence-electron chi connectivity index (χ0n) is 10.6. The molecule has 92 valence electrons. The maximum Gasteiger partial charge on any atom is 0.194 e. The average Bonchev–Trinajstić information content (AvgIpc) is 2.77. The van der Waals surface area contributed by atoms with Crippen molar-refractivity contribution in [3.8, 4) is 0 Å². The van der Waals surface area contributed by atoms with Gasteiger partial charge in [0.05, 0.1) is 11.8 Å². The molecule has 1 aromatic rings. The molecule has 1 aliphatic heterocycles. The van der Waals surface area contributed by atoms with Gasteiger partial charge in [0, 0.05) is 4.90 Å². The molecule has 0 unspecified atom stereocenters. The number of hydrogen-bond donors (Lipinski definition) is 0. The van der Waals surface area contributed by atoms with Crippen LogP contribution in [0.1, 0.15) is 19.4 Å². The van der Waals surface area contributed by atoms with E-state index in [9.17, 15) is 0 Å². The maximum absolute atomic E-state index is 5.60. The Morgan fingerprint density at radius 1 is 1.35 bits per heavy atom. The zero-order valence-corrected chi connectivity index (χ0v) is 11.5. The third kappa shape index (κ3) is 3.50. The molecule has 1 atom stereocenters. The number of benzene rings is 1. The zero-order chi connectivity index (χ0) is 12.3. The Morgan fingerprint density at radius 2 is 2.06 bits per heavy atom. The van der Waals surface area contributed by atoms with E-state index >= 15 is 0 Å². The molecule has 1 heterocycles. The van der Waals surface area contributed by atoms with Gasteiger partial charge in [-0.2, -0.15) is 0 Å². The smallest absolute Gasteiger partial charge is 0.194 e. The summed E-state index contributed by atoms with van der Waals surface area (Å²) in [7, 11) is 0. The largest absolute Gasteiger partial charge is 0.478 e. The molecule has 0 aliphatic carbocycles. The van der Waals surface area contributed by atoms with E-state index in [1.807, 2.05) is 0 Å². The number of hydrogen-bond acceptors (Lipinski definition) is 3. The Kier molecular flexibility index (Phi) is 4.11. The van der Waals surface area contributed by atoms with Crippen molar-refractivity contribution in [3.05, 3.63) is 29.8 Å². The SMILES string of the molecule is Cc1ccc(SCC2=N[C@@H](C(C)C)CO2)cc1. The first-order chi connectivity index (χ1) is 8.15. The van der Waals surface area contributed by atoms with Crippen LogP contribution in [0, 0.1) is 12.8 Å². The van der Waals surface area contributed by atoms with E-state index in [4.69, 9.17) is 4.74 Å². The minimum Gasteiger partial charge on any atom is -0.478 e. The van der Waals surface area contributed by atoms with E-state index in [1.165, 1.54) is 10.5 Å². The first-order valence-corrected chi connectivity index (χ1v) is 7.02. The Balaban J connectivity index is 1.87. The fourth-order valence-electron chi connectivity index (χ4n) is 1.64. The van der Waals surface area contributed by atoms with E-state index in [0.717, 1.165) is 18.3 Å². The van der Waals surface area contributed by atoms with E-state index in [-0.39, 0.29) is 0 Å². The van der Waals surface area contributed by atoms with Gasteiger partial charge in [0.1, 0.15) is 6.61 Å². The normalized spacial score (nSPS) is 19.3. The van der Waals surface area contributed by atoms with Gasteiger partial charge < -0.3 is 4.74 Å². The molecule has 2 nitrogen and oxygen atoms in total. The number of ether oxygens (including phenoxy) is 1. The lowest BCUT2D eigenvalue weighted by Crippen LogP contribution is -2.13. The second kappa shape index (κ2) is 5.58. The Bertz CT molecular complexity index is 397. The van der Waals surface area contributed by atoms with Crippen LogP contribution < -0.4 is 0 Å². The van der Waals surface area contributed by atoms with Crippen LogP contribution >= 0.6 is 11.8 Å². The molecule has 0 aromatic heterocycles. The number of nitrogens with zero attached hydrogens (tertiary/aromatic N) is 1. The highest BCUT2D eigenvalue weighted by molar-refractivity contribution is 8.00. The third-order valence-corrected chi connectivity index (χ3v) is 3.88. The molecule has 0 saturated heterocycles. The Labute approximate surface area is 107 Å². The minimum absolute atomic E-state index is 0.351. The highest BCUT2D eigenvalue weighted by atomic mass is 32.2. The van der Waals surface area contributed by atoms with Crippen LogP contribution in [-0.4, -0.2) is 24.3 Å². The summed E-state index contributed by atoms with van der Waals surface area (Å²) in [5, 5.41) is 0. The summed E-state index contributed by atoms with van der Waals surface area (Å²) in [5.41, 5.74) is 1.30. The van der Waals surface area contributed by atoms with Crippen LogP contribution in [0.3, 0.4) is 0 Å². The molecule has 0 spiro atoms. The molecule has 0 amide bonds. The summed E-state index contributed by atoms with van der Waals surface area (Å²) < 4.78 is 5.60. The second-order valence-corrected chi connectivity index (χ2v) is 5.80. The topological polar surface area (TPSA) is 21.6 Å². The highest BCUT2D eigenvalue weighted by Gasteiger charge is 2.21. The molecule has 0 N–H and O–H groups in total. The summed E-state index contributed by atoms with van der Waals surface area (Å²) in [5.74, 6) is 2.30. The number of aliphatic imine (C=N–C) groups is 1. The molecule has 0 fully saturated rings. The van der Waals surface area contributed by atoms with Gasteiger partial charge in [-0.3, -0.25) is 0 Å². The molecular formula is C14H19NOS. The van der Waals surface area contributed by atoms with Gasteiger partial charge >= 0.3 is 0 Å². The molecule has 0 radical (unpaired) electrons. The van der Waals surface area contributed by atoms with Crippen LogP contribution in [0.4, 0.5) is 0 Å². The van der Waals surface area contributed by atoms with Crippen LogP contribution in [0.25, 0.3) is 0 Å². The average molecular weight is 249 g/mol. The van der Waals surface area contributed by atoms with Gasteiger partial charge in [0.15, 0.2) is 5.90 Å². The molecule has 17 heavy (non-hydrogen) atoms. The maximum atomic E-state index is 5.60. The standard InChI is InChI=1S/C14H19NOS/c1-10(2)13-8-16-14(15-13)9-17-12-6-4-11(3)5-7-12/h4-7,10,13H,8-9H2,1-3H3/t13-/m1/s1. The van der Waals surface area contributed by atoms with E-state index in [1.54, 1.807) is 11.8 Å². The third-order valence-electron chi connectivity index (χ3n) is 2.88. The summed E-state index contributed by atoms with van der Waals surface area (Å²) >= 11 is 1.78. The van der Waals surface area contributed by atoms with E-state index in [2.05, 4.69) is 50.0 Å². The van der Waals surface area contributed by atoms with Crippen LogP contribution in [-0.2, 0) is 4.74 Å². The first-order valence-electron chi connectivity index (χ1n) is 6.04. The quantitative estimate of drug-likeness (QED) is 0.761. The molecule has 1 aliphatic rings. The van der Waals surface area contributed by atoms with Crippen molar-refractivity contribution in [3.63, 3.8) is 0 Å². The van der Waals surface area contributed by atoms with Gasteiger partial charge in [-0.25, -0.2) is 4.99 Å². The monoisotopic (exact) mass is 249 g/mol. The minimum atomic E-state index is 0.351. The lowest BCUT2D eigenvalue weighted by atomic mass is 10.1. The van der Waals surface area contributed by atoms with Crippen molar-refractivity contribution < 1.29 is 4.74 Å². The predicted octanol–water partition coefficient (Wildman–Crippen LogP) is 3.54. The van der Waals surface area contributed by atoms with Gasteiger partial charge in [0.2, 0.25) is 0 Å². The summed E-state index contributed by atoms with van der Waals surface area (Å²) in [6.07, 6.45) is 0. The molecule has 0 saturated carbocycles. The van der Waals surface area contributed by atoms with Gasteiger partial charge in [-0.05, 0) is 25.0 Å². The van der Waals surface area contributed by atoms with Crippen molar-refractivity contribution in [1.82, 2.24) is 0 Å². The molecule has 1 aromatic carbocycles. The highest BCUT2D eigenvalue weighted by Crippen LogP contribution is 2.21.